The van der Waals surface area contributed by atoms with E-state index < -0.39 is 0 Å². The molecule has 0 radical (unpaired) electrons. The van der Waals surface area contributed by atoms with E-state index in [4.69, 9.17) is 6.42 Å². The molecule has 0 spiro atoms. The minimum absolute atomic E-state index is 0.342. The van der Waals surface area contributed by atoms with E-state index in [9.17, 15) is 0 Å². The first kappa shape index (κ1) is 11.8. The molecule has 0 heteroatoms. The third-order valence-electron chi connectivity index (χ3n) is 1.53. The molecule has 0 atom stereocenters. The van der Waals surface area contributed by atoms with Crippen LogP contribution in [0.3, 0.4) is 0 Å². The average molecular weight is 174 g/mol. The molecule has 0 unspecified atom stereocenters. The largest absolute Gasteiger partial charge is 0.115 e. The smallest absolute Gasteiger partial charge is 0.0236 e. The molecule has 0 rings (SSSR count). The highest BCUT2D eigenvalue weighted by atomic mass is 14.1. The minimum Gasteiger partial charge on any atom is -0.115 e. The van der Waals surface area contributed by atoms with Crippen LogP contribution in [-0.2, 0) is 0 Å². The summed E-state index contributed by atoms with van der Waals surface area (Å²) in [7, 11) is 0. The molecule has 0 heterocycles. The summed E-state index contributed by atoms with van der Waals surface area (Å²) in [6.07, 6.45) is 14.0. The molecule has 0 aromatic carbocycles. The maximum atomic E-state index is 5.23. The number of terminal acetylenes is 1. The second-order valence-corrected chi connectivity index (χ2v) is 4.16. The summed E-state index contributed by atoms with van der Waals surface area (Å²) in [6, 6.07) is 0. The average Bonchev–Trinajstić information content (AvgIpc) is 2.03. The number of hydrogen-bond acceptors (Lipinski definition) is 0. The fourth-order valence-electron chi connectivity index (χ4n) is 0.768. The van der Waals surface area contributed by atoms with Gasteiger partial charge in [-0.15, -0.1) is 6.42 Å². The molecular weight excluding hydrogens is 156 g/mol. The van der Waals surface area contributed by atoms with Crippen LogP contribution in [0.2, 0.25) is 0 Å². The SMILES string of the molecule is C#C/C(C=C)=C\C=C/CC(C)(C)C. The van der Waals surface area contributed by atoms with Crippen LogP contribution in [0.15, 0.2) is 36.5 Å². The van der Waals surface area contributed by atoms with Gasteiger partial charge in [-0.1, -0.05) is 51.5 Å². The first-order valence-electron chi connectivity index (χ1n) is 4.45. The van der Waals surface area contributed by atoms with Gasteiger partial charge in [-0.3, -0.25) is 0 Å². The lowest BCUT2D eigenvalue weighted by molar-refractivity contribution is 0.420. The minimum atomic E-state index is 0.342. The van der Waals surface area contributed by atoms with E-state index in [2.05, 4.69) is 39.3 Å². The van der Waals surface area contributed by atoms with E-state index in [1.807, 2.05) is 12.2 Å². The van der Waals surface area contributed by atoms with Gasteiger partial charge in [0.1, 0.15) is 0 Å². The molecule has 13 heavy (non-hydrogen) atoms. The zero-order chi connectivity index (χ0) is 10.3. The Morgan fingerprint density at radius 3 is 2.46 bits per heavy atom. The summed E-state index contributed by atoms with van der Waals surface area (Å²) in [6.45, 7) is 10.2. The van der Waals surface area contributed by atoms with Crippen molar-refractivity contribution in [2.45, 2.75) is 27.2 Å². The van der Waals surface area contributed by atoms with Crippen molar-refractivity contribution in [3.63, 3.8) is 0 Å². The predicted molar refractivity (Wildman–Crippen MR) is 60.3 cm³/mol. The molecule has 70 valence electrons. The van der Waals surface area contributed by atoms with E-state index >= 15 is 0 Å². The topological polar surface area (TPSA) is 0 Å². The predicted octanol–water partition coefficient (Wildman–Crippen LogP) is 3.72. The summed E-state index contributed by atoms with van der Waals surface area (Å²) in [4.78, 5) is 0. The van der Waals surface area contributed by atoms with Crippen LogP contribution < -0.4 is 0 Å². The summed E-state index contributed by atoms with van der Waals surface area (Å²) >= 11 is 0. The fourth-order valence-corrected chi connectivity index (χ4v) is 0.768. The van der Waals surface area contributed by atoms with Crippen molar-refractivity contribution in [2.75, 3.05) is 0 Å². The highest BCUT2D eigenvalue weighted by molar-refractivity contribution is 5.37. The lowest BCUT2D eigenvalue weighted by Gasteiger charge is -2.14. The molecule has 0 aromatic heterocycles. The van der Waals surface area contributed by atoms with Crippen molar-refractivity contribution in [3.8, 4) is 12.3 Å². The molecule has 0 saturated heterocycles. The van der Waals surface area contributed by atoms with Gasteiger partial charge in [-0.25, -0.2) is 0 Å². The van der Waals surface area contributed by atoms with Crippen LogP contribution >= 0.6 is 0 Å². The van der Waals surface area contributed by atoms with Crippen molar-refractivity contribution in [2.24, 2.45) is 5.41 Å². The van der Waals surface area contributed by atoms with Crippen molar-refractivity contribution in [1.29, 1.82) is 0 Å². The lowest BCUT2D eigenvalue weighted by Crippen LogP contribution is -2.01. The zero-order valence-electron chi connectivity index (χ0n) is 8.80. The standard InChI is InChI=1S/C13H18/c1-6-12(7-2)10-8-9-11-13(3,4)5/h1,7-10H,2,11H2,3-5H3/b9-8-,12-10+. The summed E-state index contributed by atoms with van der Waals surface area (Å²) < 4.78 is 0. The summed E-state index contributed by atoms with van der Waals surface area (Å²) in [5.41, 5.74) is 1.17. The lowest BCUT2D eigenvalue weighted by atomic mass is 9.92. The van der Waals surface area contributed by atoms with E-state index in [0.717, 1.165) is 12.0 Å². The Hall–Kier alpha value is -1.22. The molecule has 0 aromatic rings. The van der Waals surface area contributed by atoms with Gasteiger partial charge in [0.15, 0.2) is 0 Å². The maximum Gasteiger partial charge on any atom is 0.0236 e. The van der Waals surface area contributed by atoms with Crippen LogP contribution in [0, 0.1) is 17.8 Å². The van der Waals surface area contributed by atoms with Crippen LogP contribution in [-0.4, -0.2) is 0 Å². The Bertz CT molecular complexity index is 251. The Balaban J connectivity index is 4.09. The van der Waals surface area contributed by atoms with Crippen LogP contribution in [0.5, 0.6) is 0 Å². The maximum absolute atomic E-state index is 5.23. The molecule has 0 aliphatic carbocycles. The fraction of sp³-hybridized carbons (Fsp3) is 0.385. The number of hydrogen-bond donors (Lipinski definition) is 0. The van der Waals surface area contributed by atoms with Crippen molar-refractivity contribution in [1.82, 2.24) is 0 Å². The van der Waals surface area contributed by atoms with E-state index in [0.29, 0.717) is 5.41 Å². The normalized spacial score (nSPS) is 12.9. The van der Waals surface area contributed by atoms with Gasteiger partial charge in [0, 0.05) is 5.57 Å². The van der Waals surface area contributed by atoms with Gasteiger partial charge in [0.2, 0.25) is 0 Å². The Morgan fingerprint density at radius 2 is 2.08 bits per heavy atom. The summed E-state index contributed by atoms with van der Waals surface area (Å²) in [5.74, 6) is 2.54. The molecule has 0 bridgehead atoms. The summed E-state index contributed by atoms with van der Waals surface area (Å²) in [5, 5.41) is 0. The molecular formula is C13H18. The Morgan fingerprint density at radius 1 is 1.46 bits per heavy atom. The van der Waals surface area contributed by atoms with Crippen LogP contribution in [0.1, 0.15) is 27.2 Å². The van der Waals surface area contributed by atoms with E-state index in [1.165, 1.54) is 0 Å². The Kier molecular flexibility index (Phi) is 4.92. The molecule has 0 saturated carbocycles. The van der Waals surface area contributed by atoms with Gasteiger partial charge < -0.3 is 0 Å². The van der Waals surface area contributed by atoms with E-state index in [-0.39, 0.29) is 0 Å². The third-order valence-corrected chi connectivity index (χ3v) is 1.53. The number of allylic oxidation sites excluding steroid dienone is 5. The van der Waals surface area contributed by atoms with Gasteiger partial charge in [-0.05, 0) is 17.9 Å². The molecule has 0 fully saturated rings. The zero-order valence-corrected chi connectivity index (χ0v) is 8.80. The molecule has 0 N–H and O–H groups in total. The molecule has 0 nitrogen and oxygen atoms in total. The van der Waals surface area contributed by atoms with Crippen LogP contribution in [0.25, 0.3) is 0 Å². The molecule has 0 aliphatic heterocycles. The van der Waals surface area contributed by atoms with Gasteiger partial charge in [0.05, 0.1) is 0 Å². The highest BCUT2D eigenvalue weighted by Gasteiger charge is 2.05. The third kappa shape index (κ3) is 7.15. The van der Waals surface area contributed by atoms with Gasteiger partial charge >= 0.3 is 0 Å². The van der Waals surface area contributed by atoms with Crippen molar-refractivity contribution >= 4 is 0 Å². The first-order valence-corrected chi connectivity index (χ1v) is 4.45. The second kappa shape index (κ2) is 5.43. The molecule has 0 amide bonds. The van der Waals surface area contributed by atoms with Crippen LogP contribution in [0.4, 0.5) is 0 Å². The van der Waals surface area contributed by atoms with Gasteiger partial charge in [0.25, 0.3) is 0 Å². The second-order valence-electron chi connectivity index (χ2n) is 4.16. The highest BCUT2D eigenvalue weighted by Crippen LogP contribution is 2.18. The van der Waals surface area contributed by atoms with Gasteiger partial charge in [-0.2, -0.15) is 0 Å². The van der Waals surface area contributed by atoms with Crippen molar-refractivity contribution in [3.05, 3.63) is 36.5 Å². The van der Waals surface area contributed by atoms with E-state index in [1.54, 1.807) is 6.08 Å². The molecule has 0 aliphatic rings. The van der Waals surface area contributed by atoms with Crippen molar-refractivity contribution < 1.29 is 0 Å². The first-order chi connectivity index (χ1) is 5.99. The monoisotopic (exact) mass is 174 g/mol. The number of rotatable bonds is 3. The Labute approximate surface area is 82.0 Å². The quantitative estimate of drug-likeness (QED) is 0.452.